The highest BCUT2D eigenvalue weighted by atomic mass is 32.2. The first-order valence-electron chi connectivity index (χ1n) is 8.54. The molecule has 2 saturated heterocycles. The summed E-state index contributed by atoms with van der Waals surface area (Å²) >= 11 is 2.10. The van der Waals surface area contributed by atoms with Crippen LogP contribution in [0.5, 0.6) is 5.75 Å². The number of hydrogen-bond acceptors (Lipinski definition) is 4. The molecule has 1 aromatic rings. The van der Waals surface area contributed by atoms with Gasteiger partial charge in [0.25, 0.3) is 0 Å². The van der Waals surface area contributed by atoms with Gasteiger partial charge in [-0.15, -0.1) is 0 Å². The number of ether oxygens (including phenoxy) is 1. The van der Waals surface area contributed by atoms with E-state index in [9.17, 15) is 0 Å². The van der Waals surface area contributed by atoms with Gasteiger partial charge in [0.1, 0.15) is 5.75 Å². The van der Waals surface area contributed by atoms with Gasteiger partial charge in [-0.05, 0) is 53.9 Å². The molecule has 0 bridgehead atoms. The van der Waals surface area contributed by atoms with Gasteiger partial charge in [-0.2, -0.15) is 11.8 Å². The minimum atomic E-state index is 0.755. The first kappa shape index (κ1) is 16.2. The molecule has 0 spiro atoms. The molecule has 0 aromatic heterocycles. The summed E-state index contributed by atoms with van der Waals surface area (Å²) in [5, 5.41) is 3.42. The Morgan fingerprint density at radius 2 is 2.00 bits per heavy atom. The largest absolute Gasteiger partial charge is 0.496 e. The molecule has 2 aliphatic rings. The fourth-order valence-electron chi connectivity index (χ4n) is 3.49. The summed E-state index contributed by atoms with van der Waals surface area (Å²) in [5.41, 5.74) is 2.91. The molecule has 122 valence electrons. The molecule has 4 heteroatoms. The van der Waals surface area contributed by atoms with Gasteiger partial charge in [0.15, 0.2) is 0 Å². The maximum absolute atomic E-state index is 5.59. The minimum Gasteiger partial charge on any atom is -0.496 e. The smallest absolute Gasteiger partial charge is 0.122 e. The van der Waals surface area contributed by atoms with E-state index in [1.807, 2.05) is 0 Å². The van der Waals surface area contributed by atoms with E-state index in [0.717, 1.165) is 37.7 Å². The van der Waals surface area contributed by atoms with Gasteiger partial charge in [-0.3, -0.25) is 0 Å². The van der Waals surface area contributed by atoms with Crippen LogP contribution in [-0.2, 0) is 6.42 Å². The van der Waals surface area contributed by atoms with E-state index in [0.29, 0.717) is 0 Å². The first-order chi connectivity index (χ1) is 10.9. The quantitative estimate of drug-likeness (QED) is 0.902. The lowest BCUT2D eigenvalue weighted by Crippen LogP contribution is -2.44. The maximum atomic E-state index is 5.59. The van der Waals surface area contributed by atoms with Gasteiger partial charge in [-0.1, -0.05) is 12.1 Å². The van der Waals surface area contributed by atoms with Crippen molar-refractivity contribution in [2.75, 3.05) is 51.3 Å². The van der Waals surface area contributed by atoms with E-state index >= 15 is 0 Å². The highest BCUT2D eigenvalue weighted by molar-refractivity contribution is 7.99. The zero-order valence-electron chi connectivity index (χ0n) is 13.6. The molecule has 1 aromatic carbocycles. The van der Waals surface area contributed by atoms with E-state index in [-0.39, 0.29) is 0 Å². The third-order valence-electron chi connectivity index (χ3n) is 4.90. The van der Waals surface area contributed by atoms with E-state index in [4.69, 9.17) is 4.74 Å². The Morgan fingerprint density at radius 3 is 2.73 bits per heavy atom. The van der Waals surface area contributed by atoms with Crippen molar-refractivity contribution in [3.05, 3.63) is 29.3 Å². The van der Waals surface area contributed by atoms with Crippen LogP contribution >= 0.6 is 11.8 Å². The third-order valence-corrected chi connectivity index (χ3v) is 5.95. The summed E-state index contributed by atoms with van der Waals surface area (Å²) in [6.45, 7) is 5.72. The fraction of sp³-hybridized carbons (Fsp3) is 0.667. The van der Waals surface area contributed by atoms with Crippen molar-refractivity contribution in [2.45, 2.75) is 25.2 Å². The second-order valence-electron chi connectivity index (χ2n) is 6.30. The maximum Gasteiger partial charge on any atom is 0.122 e. The Morgan fingerprint density at radius 1 is 1.23 bits per heavy atom. The lowest BCUT2D eigenvalue weighted by molar-refractivity contribution is 0.243. The molecule has 3 nitrogen and oxygen atoms in total. The number of rotatable bonds is 5. The summed E-state index contributed by atoms with van der Waals surface area (Å²) in [6, 6.07) is 6.89. The molecular formula is C18H28N2OS. The second-order valence-corrected chi connectivity index (χ2v) is 7.52. The van der Waals surface area contributed by atoms with Crippen LogP contribution in [0.15, 0.2) is 18.2 Å². The molecule has 2 aliphatic heterocycles. The summed E-state index contributed by atoms with van der Waals surface area (Å²) < 4.78 is 5.59. The first-order valence-corrected chi connectivity index (χ1v) is 9.70. The van der Waals surface area contributed by atoms with E-state index in [1.54, 1.807) is 7.11 Å². The molecule has 3 rings (SSSR count). The summed E-state index contributed by atoms with van der Waals surface area (Å²) in [6.07, 6.45) is 3.75. The van der Waals surface area contributed by atoms with Crippen LogP contribution < -0.4 is 10.1 Å². The number of piperazine rings is 1. The molecule has 22 heavy (non-hydrogen) atoms. The van der Waals surface area contributed by atoms with Gasteiger partial charge >= 0.3 is 0 Å². The monoisotopic (exact) mass is 320 g/mol. The molecule has 0 radical (unpaired) electrons. The van der Waals surface area contributed by atoms with E-state index in [2.05, 4.69) is 40.2 Å². The lowest BCUT2D eigenvalue weighted by atomic mass is 9.91. The molecular weight excluding hydrogens is 292 g/mol. The average molecular weight is 321 g/mol. The molecule has 2 heterocycles. The molecule has 0 saturated carbocycles. The van der Waals surface area contributed by atoms with E-state index in [1.165, 1.54) is 48.6 Å². The molecule has 0 amide bonds. The summed E-state index contributed by atoms with van der Waals surface area (Å²) in [7, 11) is 1.79. The molecule has 0 atom stereocenters. The van der Waals surface area contributed by atoms with Crippen LogP contribution in [-0.4, -0.2) is 56.2 Å². The van der Waals surface area contributed by atoms with Crippen molar-refractivity contribution in [1.82, 2.24) is 10.2 Å². The molecule has 2 fully saturated rings. The zero-order valence-corrected chi connectivity index (χ0v) is 14.5. The zero-order chi connectivity index (χ0) is 15.2. The minimum absolute atomic E-state index is 0.755. The van der Waals surface area contributed by atoms with Gasteiger partial charge < -0.3 is 15.0 Å². The predicted octanol–water partition coefficient (Wildman–Crippen LogP) is 2.75. The Bertz CT molecular complexity index is 468. The van der Waals surface area contributed by atoms with Gasteiger partial charge in [0.05, 0.1) is 7.11 Å². The number of benzene rings is 1. The SMILES string of the molecule is COc1ccc(C2CCSCC2)cc1CCN1CCNCC1. The lowest BCUT2D eigenvalue weighted by Gasteiger charge is -2.27. The number of hydrogen-bond donors (Lipinski definition) is 1. The Kier molecular flexibility index (Phi) is 6.04. The Balaban J connectivity index is 1.67. The molecule has 0 unspecified atom stereocenters. The molecule has 0 aliphatic carbocycles. The van der Waals surface area contributed by atoms with Crippen molar-refractivity contribution in [3.8, 4) is 5.75 Å². The van der Waals surface area contributed by atoms with Crippen LogP contribution in [0.1, 0.15) is 29.9 Å². The Labute approximate surface area is 138 Å². The van der Waals surface area contributed by atoms with Crippen LogP contribution in [0.3, 0.4) is 0 Å². The van der Waals surface area contributed by atoms with Crippen molar-refractivity contribution in [2.24, 2.45) is 0 Å². The molecule has 1 N–H and O–H groups in total. The summed E-state index contributed by atoms with van der Waals surface area (Å²) in [5.74, 6) is 4.44. The topological polar surface area (TPSA) is 24.5 Å². The van der Waals surface area contributed by atoms with Gasteiger partial charge in [0, 0.05) is 32.7 Å². The van der Waals surface area contributed by atoms with Crippen molar-refractivity contribution >= 4 is 11.8 Å². The van der Waals surface area contributed by atoms with Crippen molar-refractivity contribution < 1.29 is 4.74 Å². The van der Waals surface area contributed by atoms with Crippen LogP contribution in [0.2, 0.25) is 0 Å². The standard InChI is InChI=1S/C18H28N2OS/c1-21-18-3-2-16(15-5-12-22-13-6-15)14-17(18)4-9-20-10-7-19-8-11-20/h2-3,14-15,19H,4-13H2,1H3. The highest BCUT2D eigenvalue weighted by Crippen LogP contribution is 2.33. The van der Waals surface area contributed by atoms with Crippen molar-refractivity contribution in [1.29, 1.82) is 0 Å². The third kappa shape index (κ3) is 4.18. The van der Waals surface area contributed by atoms with E-state index < -0.39 is 0 Å². The average Bonchev–Trinajstić information content (AvgIpc) is 2.61. The van der Waals surface area contributed by atoms with Crippen LogP contribution in [0.25, 0.3) is 0 Å². The van der Waals surface area contributed by atoms with Gasteiger partial charge in [-0.25, -0.2) is 0 Å². The number of thioether (sulfide) groups is 1. The van der Waals surface area contributed by atoms with Crippen LogP contribution in [0.4, 0.5) is 0 Å². The highest BCUT2D eigenvalue weighted by Gasteiger charge is 2.18. The van der Waals surface area contributed by atoms with Crippen molar-refractivity contribution in [3.63, 3.8) is 0 Å². The number of nitrogens with zero attached hydrogens (tertiary/aromatic N) is 1. The second kappa shape index (κ2) is 8.23. The predicted molar refractivity (Wildman–Crippen MR) is 95.3 cm³/mol. The van der Waals surface area contributed by atoms with Crippen LogP contribution in [0, 0.1) is 0 Å². The normalized spacial score (nSPS) is 21.0. The summed E-state index contributed by atoms with van der Waals surface area (Å²) in [4.78, 5) is 2.56. The number of methoxy groups -OCH3 is 1. The number of nitrogens with one attached hydrogen (secondary N) is 1. The fourth-order valence-corrected chi connectivity index (χ4v) is 4.60. The Hall–Kier alpha value is -0.710. The van der Waals surface area contributed by atoms with Gasteiger partial charge in [0.2, 0.25) is 0 Å².